The molecule has 4 heteroatoms. The minimum Gasteiger partial charge on any atom is -0.454 e. The molecule has 0 aliphatic carbocycles. The fourth-order valence-electron chi connectivity index (χ4n) is 2.31. The first-order chi connectivity index (χ1) is 10.3. The molecule has 0 saturated heterocycles. The summed E-state index contributed by atoms with van der Waals surface area (Å²) in [5.41, 5.74) is 9.20. The summed E-state index contributed by atoms with van der Waals surface area (Å²) in [5.74, 6) is 1.56. The Hall–Kier alpha value is -2.04. The molecule has 1 unspecified atom stereocenters. The molecule has 1 heterocycles. The fourth-order valence-corrected chi connectivity index (χ4v) is 2.31. The Kier molecular flexibility index (Phi) is 4.08. The van der Waals surface area contributed by atoms with Crippen LogP contribution in [0.5, 0.6) is 11.5 Å². The van der Waals surface area contributed by atoms with Crippen molar-refractivity contribution in [1.29, 1.82) is 0 Å². The fraction of sp³-hybridized carbons (Fsp3) is 0.294. The first-order valence-electron chi connectivity index (χ1n) is 7.03. The molecule has 1 atom stereocenters. The van der Waals surface area contributed by atoms with E-state index in [1.54, 1.807) is 0 Å². The quantitative estimate of drug-likeness (QED) is 0.917. The number of hydrogen-bond donors (Lipinski definition) is 1. The Morgan fingerprint density at radius 1 is 1.10 bits per heavy atom. The molecule has 21 heavy (non-hydrogen) atoms. The Balaban J connectivity index is 1.66. The highest BCUT2D eigenvalue weighted by atomic mass is 16.7. The molecule has 1 aliphatic heterocycles. The zero-order valence-electron chi connectivity index (χ0n) is 12.0. The lowest BCUT2D eigenvalue weighted by Gasteiger charge is -2.17. The van der Waals surface area contributed by atoms with Gasteiger partial charge in [-0.2, -0.15) is 0 Å². The van der Waals surface area contributed by atoms with Gasteiger partial charge in [-0.25, -0.2) is 0 Å². The molecular formula is C17H19NO3. The van der Waals surface area contributed by atoms with Gasteiger partial charge in [0.1, 0.15) is 0 Å². The SMILES string of the molecule is Cc1ccc(C(CN)OCc2ccc3c(c2)OCO3)cc1. The van der Waals surface area contributed by atoms with Gasteiger partial charge in [-0.3, -0.25) is 0 Å². The van der Waals surface area contributed by atoms with Gasteiger partial charge in [-0.05, 0) is 30.2 Å². The number of rotatable bonds is 5. The first kappa shape index (κ1) is 13.9. The van der Waals surface area contributed by atoms with Crippen LogP contribution in [0.25, 0.3) is 0 Å². The summed E-state index contributed by atoms with van der Waals surface area (Å²) in [6.45, 7) is 3.29. The Bertz CT molecular complexity index is 610. The number of ether oxygens (including phenoxy) is 3. The van der Waals surface area contributed by atoms with E-state index in [1.165, 1.54) is 5.56 Å². The molecule has 0 amide bonds. The van der Waals surface area contributed by atoms with Crippen LogP contribution in [0.1, 0.15) is 22.8 Å². The van der Waals surface area contributed by atoms with E-state index in [4.69, 9.17) is 19.9 Å². The second-order valence-electron chi connectivity index (χ2n) is 5.13. The molecule has 0 bridgehead atoms. The van der Waals surface area contributed by atoms with E-state index in [-0.39, 0.29) is 12.9 Å². The monoisotopic (exact) mass is 285 g/mol. The average Bonchev–Trinajstić information content (AvgIpc) is 2.97. The Labute approximate surface area is 124 Å². The summed E-state index contributed by atoms with van der Waals surface area (Å²) in [7, 11) is 0. The van der Waals surface area contributed by atoms with Crippen LogP contribution in [-0.4, -0.2) is 13.3 Å². The van der Waals surface area contributed by atoms with Crippen molar-refractivity contribution in [1.82, 2.24) is 0 Å². The molecule has 2 aromatic carbocycles. The number of aryl methyl sites for hydroxylation is 1. The lowest BCUT2D eigenvalue weighted by atomic mass is 10.1. The standard InChI is InChI=1S/C17H19NO3/c1-12-2-5-14(6-3-12)17(9-18)19-10-13-4-7-15-16(8-13)21-11-20-15/h2-8,17H,9-11,18H2,1H3. The lowest BCUT2D eigenvalue weighted by Crippen LogP contribution is -2.15. The summed E-state index contributed by atoms with van der Waals surface area (Å²) in [5, 5.41) is 0. The van der Waals surface area contributed by atoms with Gasteiger partial charge in [0, 0.05) is 6.54 Å². The van der Waals surface area contributed by atoms with Gasteiger partial charge in [0.05, 0.1) is 12.7 Å². The van der Waals surface area contributed by atoms with Crippen molar-refractivity contribution in [3.63, 3.8) is 0 Å². The van der Waals surface area contributed by atoms with Crippen LogP contribution in [-0.2, 0) is 11.3 Å². The molecule has 0 saturated carbocycles. The van der Waals surface area contributed by atoms with Gasteiger partial charge in [0.2, 0.25) is 6.79 Å². The summed E-state index contributed by atoms with van der Waals surface area (Å²) in [4.78, 5) is 0. The van der Waals surface area contributed by atoms with Gasteiger partial charge < -0.3 is 19.9 Å². The number of fused-ring (bicyclic) bond motifs is 1. The predicted molar refractivity (Wildman–Crippen MR) is 80.3 cm³/mol. The van der Waals surface area contributed by atoms with Crippen LogP contribution in [0.2, 0.25) is 0 Å². The minimum absolute atomic E-state index is 0.101. The highest BCUT2D eigenvalue weighted by Crippen LogP contribution is 2.33. The maximum atomic E-state index is 5.94. The van der Waals surface area contributed by atoms with Crippen LogP contribution in [0.15, 0.2) is 42.5 Å². The number of benzene rings is 2. The van der Waals surface area contributed by atoms with E-state index in [1.807, 2.05) is 18.2 Å². The summed E-state index contributed by atoms with van der Waals surface area (Å²) in [6.07, 6.45) is -0.101. The molecular weight excluding hydrogens is 266 g/mol. The molecule has 1 aliphatic rings. The molecule has 0 radical (unpaired) electrons. The van der Waals surface area contributed by atoms with Gasteiger partial charge >= 0.3 is 0 Å². The zero-order valence-corrected chi connectivity index (χ0v) is 12.0. The summed E-state index contributed by atoms with van der Waals surface area (Å²) in [6, 6.07) is 14.1. The maximum absolute atomic E-state index is 5.94. The van der Waals surface area contributed by atoms with Crippen molar-refractivity contribution in [2.24, 2.45) is 5.73 Å². The van der Waals surface area contributed by atoms with Crippen LogP contribution in [0.4, 0.5) is 0 Å². The van der Waals surface area contributed by atoms with Gasteiger partial charge in [0.15, 0.2) is 11.5 Å². The molecule has 2 aromatic rings. The minimum atomic E-state index is -0.101. The van der Waals surface area contributed by atoms with E-state index in [2.05, 4.69) is 31.2 Å². The molecule has 0 aromatic heterocycles. The van der Waals surface area contributed by atoms with E-state index in [0.29, 0.717) is 13.2 Å². The second kappa shape index (κ2) is 6.16. The van der Waals surface area contributed by atoms with Crippen molar-refractivity contribution >= 4 is 0 Å². The molecule has 0 fully saturated rings. The third-order valence-corrected chi connectivity index (χ3v) is 3.55. The van der Waals surface area contributed by atoms with Crippen molar-refractivity contribution in [2.75, 3.05) is 13.3 Å². The van der Waals surface area contributed by atoms with E-state index in [9.17, 15) is 0 Å². The van der Waals surface area contributed by atoms with Gasteiger partial charge in [-0.15, -0.1) is 0 Å². The third kappa shape index (κ3) is 3.17. The van der Waals surface area contributed by atoms with E-state index in [0.717, 1.165) is 22.6 Å². The maximum Gasteiger partial charge on any atom is 0.231 e. The van der Waals surface area contributed by atoms with Crippen LogP contribution >= 0.6 is 0 Å². The van der Waals surface area contributed by atoms with Gasteiger partial charge in [0.25, 0.3) is 0 Å². The third-order valence-electron chi connectivity index (χ3n) is 3.55. The van der Waals surface area contributed by atoms with E-state index >= 15 is 0 Å². The molecule has 110 valence electrons. The average molecular weight is 285 g/mol. The van der Waals surface area contributed by atoms with Crippen molar-refractivity contribution in [3.8, 4) is 11.5 Å². The van der Waals surface area contributed by atoms with Crippen molar-refractivity contribution in [2.45, 2.75) is 19.6 Å². The van der Waals surface area contributed by atoms with Gasteiger partial charge in [-0.1, -0.05) is 35.9 Å². The predicted octanol–water partition coefficient (Wildman–Crippen LogP) is 2.94. The van der Waals surface area contributed by atoms with Crippen molar-refractivity contribution < 1.29 is 14.2 Å². The summed E-state index contributed by atoms with van der Waals surface area (Å²) >= 11 is 0. The lowest BCUT2D eigenvalue weighted by molar-refractivity contribution is 0.0455. The Morgan fingerprint density at radius 2 is 1.86 bits per heavy atom. The summed E-state index contributed by atoms with van der Waals surface area (Å²) < 4.78 is 16.6. The first-order valence-corrected chi connectivity index (χ1v) is 7.03. The molecule has 0 spiro atoms. The number of nitrogens with two attached hydrogens (primary N) is 1. The zero-order chi connectivity index (χ0) is 14.7. The number of hydrogen-bond acceptors (Lipinski definition) is 4. The van der Waals surface area contributed by atoms with E-state index < -0.39 is 0 Å². The van der Waals surface area contributed by atoms with Crippen LogP contribution < -0.4 is 15.2 Å². The highest BCUT2D eigenvalue weighted by Gasteiger charge is 2.15. The second-order valence-corrected chi connectivity index (χ2v) is 5.13. The molecule has 3 rings (SSSR count). The normalized spacial score (nSPS) is 14.2. The van der Waals surface area contributed by atoms with Crippen LogP contribution in [0, 0.1) is 6.92 Å². The topological polar surface area (TPSA) is 53.7 Å². The Morgan fingerprint density at radius 3 is 2.62 bits per heavy atom. The largest absolute Gasteiger partial charge is 0.454 e. The molecule has 4 nitrogen and oxygen atoms in total. The van der Waals surface area contributed by atoms with Crippen molar-refractivity contribution in [3.05, 3.63) is 59.2 Å². The molecule has 2 N–H and O–H groups in total. The van der Waals surface area contributed by atoms with Crippen LogP contribution in [0.3, 0.4) is 0 Å². The smallest absolute Gasteiger partial charge is 0.231 e. The highest BCUT2D eigenvalue weighted by molar-refractivity contribution is 5.44.